The minimum absolute atomic E-state index is 0.0605. The Balaban J connectivity index is 1.97. The summed E-state index contributed by atoms with van der Waals surface area (Å²) in [7, 11) is 0. The van der Waals surface area contributed by atoms with Crippen LogP contribution >= 0.6 is 12.6 Å². The van der Waals surface area contributed by atoms with Crippen LogP contribution < -0.4 is 10.6 Å². The Labute approximate surface area is 234 Å². The number of rotatable bonds is 9. The Hall–Kier alpha value is -4.00. The minimum Gasteiger partial charge on any atom is -0.444 e. The van der Waals surface area contributed by atoms with Crippen molar-refractivity contribution in [1.82, 2.24) is 10.2 Å². The summed E-state index contributed by atoms with van der Waals surface area (Å²) in [6.07, 6.45) is 4.70. The average Bonchev–Trinajstić information content (AvgIpc) is 2.90. The molecule has 0 radical (unpaired) electrons. The normalized spacial score (nSPS) is 12.6. The van der Waals surface area contributed by atoms with Gasteiger partial charge in [0.15, 0.2) is 0 Å². The van der Waals surface area contributed by atoms with Crippen LogP contribution in [0.4, 0.5) is 10.5 Å². The summed E-state index contributed by atoms with van der Waals surface area (Å²) in [6.45, 7) is 4.52. The number of amides is 3. The molecule has 3 amide bonds. The maximum absolute atomic E-state index is 13.8. The number of hydrogen-bond acceptors (Lipinski definition) is 6. The van der Waals surface area contributed by atoms with Crippen molar-refractivity contribution >= 4 is 47.0 Å². The van der Waals surface area contributed by atoms with Gasteiger partial charge in [-0.05, 0) is 61.4 Å². The second-order valence-electron chi connectivity index (χ2n) is 9.86. The SMILES string of the molecule is C#Cc1ccc(C(C(=O)Nc2ccc3ccccc3c2)N(CCO)C(=O)C(CS)NC(=O)OC(C)(C)C)cc1. The predicted octanol–water partition coefficient (Wildman–Crippen LogP) is 4.14. The maximum Gasteiger partial charge on any atom is 0.408 e. The van der Waals surface area contributed by atoms with Gasteiger partial charge in [0, 0.05) is 23.5 Å². The van der Waals surface area contributed by atoms with Crippen molar-refractivity contribution in [2.75, 3.05) is 24.2 Å². The number of fused-ring (bicyclic) bond motifs is 1. The largest absolute Gasteiger partial charge is 0.444 e. The smallest absolute Gasteiger partial charge is 0.408 e. The fraction of sp³-hybridized carbons (Fsp3) is 0.300. The molecule has 2 unspecified atom stereocenters. The first-order chi connectivity index (χ1) is 18.6. The Kier molecular flexibility index (Phi) is 9.99. The van der Waals surface area contributed by atoms with Crippen molar-refractivity contribution in [3.8, 4) is 12.3 Å². The number of terminal acetylenes is 1. The number of thiol groups is 1. The lowest BCUT2D eigenvalue weighted by atomic mass is 10.0. The van der Waals surface area contributed by atoms with Crippen molar-refractivity contribution in [2.24, 2.45) is 0 Å². The Morgan fingerprint density at radius 1 is 1.05 bits per heavy atom. The molecule has 0 spiro atoms. The van der Waals surface area contributed by atoms with Gasteiger partial charge in [-0.25, -0.2) is 4.79 Å². The van der Waals surface area contributed by atoms with Crippen LogP contribution in [0.3, 0.4) is 0 Å². The van der Waals surface area contributed by atoms with E-state index in [1.165, 1.54) is 4.90 Å². The third kappa shape index (κ3) is 7.99. The van der Waals surface area contributed by atoms with Gasteiger partial charge in [-0.1, -0.05) is 48.4 Å². The number of alkyl carbamates (subject to hydrolysis) is 1. The van der Waals surface area contributed by atoms with Gasteiger partial charge in [-0.15, -0.1) is 6.42 Å². The summed E-state index contributed by atoms with van der Waals surface area (Å²) in [5.41, 5.74) is 0.842. The van der Waals surface area contributed by atoms with Crippen molar-refractivity contribution in [2.45, 2.75) is 38.5 Å². The maximum atomic E-state index is 13.8. The molecule has 0 saturated carbocycles. The molecule has 0 aliphatic heterocycles. The molecule has 3 N–H and O–H groups in total. The molecule has 2 atom stereocenters. The number of aliphatic hydroxyl groups is 1. The summed E-state index contributed by atoms with van der Waals surface area (Å²) in [6, 6.07) is 17.6. The Morgan fingerprint density at radius 3 is 2.31 bits per heavy atom. The quantitative estimate of drug-likeness (QED) is 0.238. The van der Waals surface area contributed by atoms with E-state index in [1.54, 1.807) is 51.1 Å². The lowest BCUT2D eigenvalue weighted by molar-refractivity contribution is -0.140. The van der Waals surface area contributed by atoms with Gasteiger partial charge in [0.05, 0.1) is 6.61 Å². The van der Waals surface area contributed by atoms with Crippen molar-refractivity contribution in [1.29, 1.82) is 0 Å². The molecule has 3 aromatic carbocycles. The van der Waals surface area contributed by atoms with E-state index < -0.39 is 42.2 Å². The van der Waals surface area contributed by atoms with Crippen LogP contribution in [0.15, 0.2) is 66.7 Å². The van der Waals surface area contributed by atoms with E-state index in [4.69, 9.17) is 11.2 Å². The highest BCUT2D eigenvalue weighted by molar-refractivity contribution is 7.80. The van der Waals surface area contributed by atoms with Crippen molar-refractivity contribution in [3.63, 3.8) is 0 Å². The average molecular weight is 548 g/mol. The number of carbonyl (C=O) groups excluding carboxylic acids is 3. The molecular weight excluding hydrogens is 514 g/mol. The molecule has 204 valence electrons. The minimum atomic E-state index is -1.15. The zero-order valence-electron chi connectivity index (χ0n) is 22.2. The molecule has 0 fully saturated rings. The van der Waals surface area contributed by atoms with Gasteiger partial charge in [0.1, 0.15) is 17.7 Å². The highest BCUT2D eigenvalue weighted by Gasteiger charge is 2.35. The van der Waals surface area contributed by atoms with Gasteiger partial charge in [-0.2, -0.15) is 12.6 Å². The third-order valence-corrected chi connectivity index (χ3v) is 6.13. The number of hydrogen-bond donors (Lipinski definition) is 4. The van der Waals surface area contributed by atoms with Crippen LogP contribution in [-0.2, 0) is 14.3 Å². The fourth-order valence-electron chi connectivity index (χ4n) is 4.02. The van der Waals surface area contributed by atoms with E-state index >= 15 is 0 Å². The Morgan fingerprint density at radius 2 is 1.72 bits per heavy atom. The summed E-state index contributed by atoms with van der Waals surface area (Å²) >= 11 is 4.25. The van der Waals surface area contributed by atoms with E-state index in [-0.39, 0.29) is 12.3 Å². The number of anilines is 1. The number of nitrogens with zero attached hydrogens (tertiary/aromatic N) is 1. The molecule has 8 nitrogen and oxygen atoms in total. The van der Waals surface area contributed by atoms with Gasteiger partial charge in [-0.3, -0.25) is 9.59 Å². The van der Waals surface area contributed by atoms with E-state index in [0.29, 0.717) is 16.8 Å². The van der Waals surface area contributed by atoms with Crippen LogP contribution in [0, 0.1) is 12.3 Å². The van der Waals surface area contributed by atoms with Gasteiger partial charge in [0.25, 0.3) is 5.91 Å². The van der Waals surface area contributed by atoms with Crippen LogP contribution in [0.25, 0.3) is 10.8 Å². The van der Waals surface area contributed by atoms with Crippen molar-refractivity contribution < 1.29 is 24.2 Å². The molecule has 0 aliphatic rings. The highest BCUT2D eigenvalue weighted by Crippen LogP contribution is 2.26. The van der Waals surface area contributed by atoms with E-state index in [1.807, 2.05) is 36.4 Å². The topological polar surface area (TPSA) is 108 Å². The summed E-state index contributed by atoms with van der Waals surface area (Å²) in [5.74, 6) is 1.36. The summed E-state index contributed by atoms with van der Waals surface area (Å²) in [5, 5.41) is 17.2. The molecule has 0 saturated heterocycles. The predicted molar refractivity (Wildman–Crippen MR) is 156 cm³/mol. The highest BCUT2D eigenvalue weighted by atomic mass is 32.1. The van der Waals surface area contributed by atoms with Crippen molar-refractivity contribution in [3.05, 3.63) is 77.9 Å². The zero-order valence-corrected chi connectivity index (χ0v) is 23.1. The van der Waals surface area contributed by atoms with Gasteiger partial charge >= 0.3 is 6.09 Å². The number of benzene rings is 3. The van der Waals surface area contributed by atoms with Gasteiger partial charge in [0.2, 0.25) is 5.91 Å². The van der Waals surface area contributed by atoms with Crippen LogP contribution in [0.5, 0.6) is 0 Å². The molecule has 0 heterocycles. The third-order valence-electron chi connectivity index (χ3n) is 5.77. The molecule has 9 heteroatoms. The number of carbonyl (C=O) groups is 3. The lowest BCUT2D eigenvalue weighted by Crippen LogP contribution is -2.53. The van der Waals surface area contributed by atoms with Crippen LogP contribution in [-0.4, -0.2) is 58.5 Å². The molecule has 0 aliphatic carbocycles. The first-order valence-corrected chi connectivity index (χ1v) is 13.1. The molecular formula is C30H33N3O5S. The Bertz CT molecular complexity index is 1360. The molecule has 39 heavy (non-hydrogen) atoms. The molecule has 3 rings (SSSR count). The van der Waals surface area contributed by atoms with E-state index in [2.05, 4.69) is 29.2 Å². The van der Waals surface area contributed by atoms with Crippen LogP contribution in [0.1, 0.15) is 37.9 Å². The first kappa shape index (κ1) is 29.6. The monoisotopic (exact) mass is 547 g/mol. The summed E-state index contributed by atoms with van der Waals surface area (Å²) in [4.78, 5) is 41.1. The zero-order chi connectivity index (χ0) is 28.6. The molecule has 0 aromatic heterocycles. The standard InChI is InChI=1S/C30H33N3O5S/c1-5-20-10-12-22(13-11-20)26(27(35)31-24-15-14-21-8-6-7-9-23(21)18-24)33(16-17-34)28(36)25(19-39)32-29(37)38-30(2,3)4/h1,6-15,18,25-26,34,39H,16-17,19H2,2-4H3,(H,31,35)(H,32,37). The number of nitrogens with one attached hydrogen (secondary N) is 2. The lowest BCUT2D eigenvalue weighted by Gasteiger charge is -2.33. The summed E-state index contributed by atoms with van der Waals surface area (Å²) < 4.78 is 5.29. The second kappa shape index (κ2) is 13.2. The van der Waals surface area contributed by atoms with Crippen LogP contribution in [0.2, 0.25) is 0 Å². The van der Waals surface area contributed by atoms with Gasteiger partial charge < -0.3 is 25.4 Å². The molecule has 3 aromatic rings. The fourth-order valence-corrected chi connectivity index (χ4v) is 4.27. The number of ether oxygens (including phenoxy) is 1. The van der Waals surface area contributed by atoms with E-state index in [0.717, 1.165) is 10.8 Å². The first-order valence-electron chi connectivity index (χ1n) is 12.4. The van der Waals surface area contributed by atoms with E-state index in [9.17, 15) is 19.5 Å². The number of aliphatic hydroxyl groups excluding tert-OH is 1. The molecule has 0 bridgehead atoms. The second-order valence-corrected chi connectivity index (χ2v) is 10.2.